The lowest BCUT2D eigenvalue weighted by molar-refractivity contribution is -0.144. The Hall–Kier alpha value is -2.17. The normalized spacial score (nSPS) is 23.8. The molecule has 2 aliphatic rings. The van der Waals surface area contributed by atoms with Crippen molar-refractivity contribution >= 4 is 5.91 Å². The first-order valence-electron chi connectivity index (χ1n) is 10.5. The van der Waals surface area contributed by atoms with Gasteiger partial charge in [-0.3, -0.25) is 14.6 Å². The van der Waals surface area contributed by atoms with E-state index in [-0.39, 0.29) is 5.54 Å². The van der Waals surface area contributed by atoms with Crippen LogP contribution >= 0.6 is 0 Å². The zero-order valence-corrected chi connectivity index (χ0v) is 16.9. The van der Waals surface area contributed by atoms with Crippen LogP contribution in [0.3, 0.4) is 0 Å². The third-order valence-corrected chi connectivity index (χ3v) is 6.38. The second kappa shape index (κ2) is 8.46. The molecule has 4 nitrogen and oxygen atoms in total. The topological polar surface area (TPSA) is 26.8 Å². The highest BCUT2D eigenvalue weighted by Gasteiger charge is 2.45. The summed E-state index contributed by atoms with van der Waals surface area (Å²) in [5, 5.41) is 0. The summed E-state index contributed by atoms with van der Waals surface area (Å²) in [4.78, 5) is 20.4. The van der Waals surface area contributed by atoms with Crippen LogP contribution in [-0.2, 0) is 17.9 Å². The van der Waals surface area contributed by atoms with Gasteiger partial charge in [-0.25, -0.2) is 0 Å². The van der Waals surface area contributed by atoms with Crippen molar-refractivity contribution in [2.24, 2.45) is 0 Å². The minimum absolute atomic E-state index is 0.320. The van der Waals surface area contributed by atoms with Crippen molar-refractivity contribution in [3.63, 3.8) is 0 Å². The fourth-order valence-electron chi connectivity index (χ4n) is 4.61. The van der Waals surface area contributed by atoms with Gasteiger partial charge in [-0.05, 0) is 37.4 Å². The SMILES string of the molecule is C[C@]1(C(=O)N2CCN(Cc3ccccc3)CC2)CCCN1Cc1ccccc1. The molecule has 0 aliphatic carbocycles. The van der Waals surface area contributed by atoms with Gasteiger partial charge in [0.05, 0.1) is 5.54 Å². The van der Waals surface area contributed by atoms with Gasteiger partial charge in [0.1, 0.15) is 0 Å². The van der Waals surface area contributed by atoms with Gasteiger partial charge in [0.25, 0.3) is 0 Å². The Balaban J connectivity index is 1.36. The molecule has 1 amide bonds. The predicted molar refractivity (Wildman–Crippen MR) is 113 cm³/mol. The minimum atomic E-state index is -0.364. The molecule has 0 aromatic heterocycles. The second-order valence-corrected chi connectivity index (χ2v) is 8.34. The quantitative estimate of drug-likeness (QED) is 0.799. The summed E-state index contributed by atoms with van der Waals surface area (Å²) in [6.07, 6.45) is 2.06. The molecule has 2 aromatic carbocycles. The number of likely N-dealkylation sites (tertiary alicyclic amines) is 1. The van der Waals surface area contributed by atoms with Gasteiger partial charge in [0, 0.05) is 39.3 Å². The lowest BCUT2D eigenvalue weighted by Crippen LogP contribution is -2.58. The number of hydrogen-bond acceptors (Lipinski definition) is 3. The molecular formula is C24H31N3O. The van der Waals surface area contributed by atoms with Crippen LogP contribution in [0.4, 0.5) is 0 Å². The van der Waals surface area contributed by atoms with Gasteiger partial charge in [0.15, 0.2) is 0 Å². The van der Waals surface area contributed by atoms with E-state index in [0.29, 0.717) is 5.91 Å². The van der Waals surface area contributed by atoms with Crippen molar-refractivity contribution in [3.8, 4) is 0 Å². The van der Waals surface area contributed by atoms with Gasteiger partial charge in [-0.15, -0.1) is 0 Å². The number of rotatable bonds is 5. The lowest BCUT2D eigenvalue weighted by atomic mass is 9.95. The van der Waals surface area contributed by atoms with E-state index in [4.69, 9.17) is 0 Å². The maximum atomic E-state index is 13.5. The van der Waals surface area contributed by atoms with Crippen molar-refractivity contribution in [1.29, 1.82) is 0 Å². The van der Waals surface area contributed by atoms with Gasteiger partial charge in [0.2, 0.25) is 5.91 Å². The van der Waals surface area contributed by atoms with E-state index in [9.17, 15) is 4.79 Å². The Labute approximate surface area is 168 Å². The van der Waals surface area contributed by atoms with Crippen molar-refractivity contribution in [3.05, 3.63) is 71.8 Å². The fourth-order valence-corrected chi connectivity index (χ4v) is 4.61. The highest BCUT2D eigenvalue weighted by Crippen LogP contribution is 2.32. The summed E-state index contributed by atoms with van der Waals surface area (Å²) in [6.45, 7) is 8.57. The van der Waals surface area contributed by atoms with E-state index in [1.807, 2.05) is 6.07 Å². The molecule has 2 fully saturated rings. The third kappa shape index (κ3) is 4.13. The largest absolute Gasteiger partial charge is 0.339 e. The number of carbonyl (C=O) groups is 1. The van der Waals surface area contributed by atoms with E-state index >= 15 is 0 Å². The molecule has 148 valence electrons. The third-order valence-electron chi connectivity index (χ3n) is 6.38. The minimum Gasteiger partial charge on any atom is -0.339 e. The van der Waals surface area contributed by atoms with Crippen LogP contribution in [0.15, 0.2) is 60.7 Å². The second-order valence-electron chi connectivity index (χ2n) is 8.34. The highest BCUT2D eigenvalue weighted by molar-refractivity contribution is 5.86. The number of amides is 1. The van der Waals surface area contributed by atoms with Gasteiger partial charge < -0.3 is 4.90 Å². The first-order valence-corrected chi connectivity index (χ1v) is 10.5. The lowest BCUT2D eigenvalue weighted by Gasteiger charge is -2.42. The van der Waals surface area contributed by atoms with Crippen LogP contribution < -0.4 is 0 Å². The average molecular weight is 378 g/mol. The maximum Gasteiger partial charge on any atom is 0.242 e. The molecule has 2 heterocycles. The molecule has 0 radical (unpaired) electrons. The number of nitrogens with zero attached hydrogens (tertiary/aromatic N) is 3. The molecule has 2 aliphatic heterocycles. The first kappa shape index (κ1) is 19.2. The molecule has 0 saturated carbocycles. The van der Waals surface area contributed by atoms with Crippen LogP contribution in [-0.4, -0.2) is 58.9 Å². The smallest absolute Gasteiger partial charge is 0.242 e. The Morgan fingerprint density at radius 1 is 0.821 bits per heavy atom. The number of carbonyl (C=O) groups excluding carboxylic acids is 1. The number of hydrogen-bond donors (Lipinski definition) is 0. The van der Waals surface area contributed by atoms with Crippen LogP contribution in [0.5, 0.6) is 0 Å². The highest BCUT2D eigenvalue weighted by atomic mass is 16.2. The van der Waals surface area contributed by atoms with Crippen molar-refractivity contribution in [2.75, 3.05) is 32.7 Å². The zero-order valence-electron chi connectivity index (χ0n) is 16.9. The molecule has 4 heteroatoms. The van der Waals surface area contributed by atoms with Crippen LogP contribution in [0.25, 0.3) is 0 Å². The van der Waals surface area contributed by atoms with E-state index in [1.54, 1.807) is 0 Å². The molecule has 2 saturated heterocycles. The maximum absolute atomic E-state index is 13.5. The molecule has 0 spiro atoms. The first-order chi connectivity index (χ1) is 13.6. The Bertz CT molecular complexity index is 771. The molecule has 28 heavy (non-hydrogen) atoms. The standard InChI is InChI=1S/C24H31N3O/c1-24(13-8-14-27(24)20-22-11-6-3-7-12-22)23(28)26-17-15-25(16-18-26)19-21-9-4-2-5-10-21/h2-7,9-12H,8,13-20H2,1H3/t24-/m1/s1. The van der Waals surface area contributed by atoms with Crippen LogP contribution in [0, 0.1) is 0 Å². The zero-order chi connectivity index (χ0) is 19.4. The number of benzene rings is 2. The average Bonchev–Trinajstić information content (AvgIpc) is 3.11. The molecule has 4 rings (SSSR count). The molecular weight excluding hydrogens is 346 g/mol. The van der Waals surface area contributed by atoms with Crippen LogP contribution in [0.1, 0.15) is 30.9 Å². The van der Waals surface area contributed by atoms with Gasteiger partial charge in [-0.1, -0.05) is 60.7 Å². The Morgan fingerprint density at radius 2 is 1.39 bits per heavy atom. The van der Waals surface area contributed by atoms with Crippen LogP contribution in [0.2, 0.25) is 0 Å². The van der Waals surface area contributed by atoms with Crippen molar-refractivity contribution in [1.82, 2.24) is 14.7 Å². The molecule has 2 aromatic rings. The number of piperazine rings is 1. The summed E-state index contributed by atoms with van der Waals surface area (Å²) in [5.74, 6) is 0.320. The summed E-state index contributed by atoms with van der Waals surface area (Å²) < 4.78 is 0. The van der Waals surface area contributed by atoms with Crippen molar-refractivity contribution in [2.45, 2.75) is 38.4 Å². The fraction of sp³-hybridized carbons (Fsp3) is 0.458. The van der Waals surface area contributed by atoms with E-state index in [2.05, 4.69) is 76.2 Å². The van der Waals surface area contributed by atoms with Crippen molar-refractivity contribution < 1.29 is 4.79 Å². The van der Waals surface area contributed by atoms with E-state index in [0.717, 1.165) is 58.7 Å². The summed E-state index contributed by atoms with van der Waals surface area (Å²) in [6, 6.07) is 21.1. The molecule has 1 atom stereocenters. The Morgan fingerprint density at radius 3 is 2.00 bits per heavy atom. The molecule has 0 N–H and O–H groups in total. The van der Waals surface area contributed by atoms with Gasteiger partial charge in [-0.2, -0.15) is 0 Å². The summed E-state index contributed by atoms with van der Waals surface area (Å²) >= 11 is 0. The van der Waals surface area contributed by atoms with E-state index < -0.39 is 0 Å². The molecule has 0 unspecified atom stereocenters. The van der Waals surface area contributed by atoms with E-state index in [1.165, 1.54) is 11.1 Å². The summed E-state index contributed by atoms with van der Waals surface area (Å²) in [5.41, 5.74) is 2.27. The Kier molecular flexibility index (Phi) is 5.79. The molecule has 0 bridgehead atoms. The van der Waals surface area contributed by atoms with Gasteiger partial charge >= 0.3 is 0 Å². The monoisotopic (exact) mass is 377 g/mol. The predicted octanol–water partition coefficient (Wildman–Crippen LogP) is 3.39. The summed E-state index contributed by atoms with van der Waals surface area (Å²) in [7, 11) is 0.